The van der Waals surface area contributed by atoms with Crippen LogP contribution in [0.25, 0.3) is 0 Å². The predicted molar refractivity (Wildman–Crippen MR) is 86.7 cm³/mol. The second-order valence-electron chi connectivity index (χ2n) is 4.76. The molecule has 2 aromatic rings. The number of hydrogen-bond donors (Lipinski definition) is 3. The van der Waals surface area contributed by atoms with Gasteiger partial charge in [-0.2, -0.15) is 0 Å². The van der Waals surface area contributed by atoms with Crippen LogP contribution in [0.2, 0.25) is 5.02 Å². The van der Waals surface area contributed by atoms with Crippen molar-refractivity contribution in [2.45, 2.75) is 26.3 Å². The third kappa shape index (κ3) is 4.17. The number of carbonyl (C=O) groups is 1. The molecule has 0 saturated carbocycles. The standard InChI is InChI=1S/C14H17ClN4OS/c1-8(7-10-4-3-9(2)21-10)17-14(20)13-11(15)5-6-12(18-13)19-16/h3-6,8H,7,16H2,1-2H3,(H,17,20)(H,18,19). The number of halogens is 1. The maximum absolute atomic E-state index is 12.2. The molecule has 0 fully saturated rings. The smallest absolute Gasteiger partial charge is 0.271 e. The molecule has 2 rings (SSSR count). The summed E-state index contributed by atoms with van der Waals surface area (Å²) in [5, 5.41) is 3.20. The van der Waals surface area contributed by atoms with Gasteiger partial charge in [0.15, 0.2) is 0 Å². The minimum atomic E-state index is -0.308. The first-order valence-electron chi connectivity index (χ1n) is 6.49. The highest BCUT2D eigenvalue weighted by molar-refractivity contribution is 7.11. The number of amides is 1. The molecule has 5 nitrogen and oxygen atoms in total. The van der Waals surface area contributed by atoms with Gasteiger partial charge < -0.3 is 10.7 Å². The number of anilines is 1. The molecule has 21 heavy (non-hydrogen) atoms. The number of aromatic nitrogens is 1. The number of aryl methyl sites for hydroxylation is 1. The van der Waals surface area contributed by atoms with Gasteiger partial charge in [0.1, 0.15) is 11.5 Å². The molecule has 0 aliphatic carbocycles. The zero-order valence-corrected chi connectivity index (χ0v) is 13.4. The van der Waals surface area contributed by atoms with Crippen molar-refractivity contribution in [1.29, 1.82) is 0 Å². The first-order chi connectivity index (χ1) is 9.99. The minimum absolute atomic E-state index is 0.0112. The van der Waals surface area contributed by atoms with Crippen molar-refractivity contribution in [3.63, 3.8) is 0 Å². The molecule has 2 heterocycles. The van der Waals surface area contributed by atoms with Gasteiger partial charge in [0.25, 0.3) is 5.91 Å². The Hall–Kier alpha value is -1.63. The molecule has 4 N–H and O–H groups in total. The zero-order chi connectivity index (χ0) is 15.4. The summed E-state index contributed by atoms with van der Waals surface area (Å²) in [6, 6.07) is 7.34. The Morgan fingerprint density at radius 3 is 2.81 bits per heavy atom. The summed E-state index contributed by atoms with van der Waals surface area (Å²) in [7, 11) is 0. The van der Waals surface area contributed by atoms with E-state index in [2.05, 4.69) is 34.8 Å². The molecule has 2 aromatic heterocycles. The van der Waals surface area contributed by atoms with E-state index in [1.165, 1.54) is 9.75 Å². The number of nitrogen functional groups attached to an aromatic ring is 1. The van der Waals surface area contributed by atoms with Crippen LogP contribution < -0.4 is 16.6 Å². The van der Waals surface area contributed by atoms with Crippen LogP contribution in [0.15, 0.2) is 24.3 Å². The molecule has 0 aliphatic heterocycles. The summed E-state index contributed by atoms with van der Waals surface area (Å²) < 4.78 is 0. The molecule has 0 bridgehead atoms. The Kier molecular flexibility index (Phi) is 5.17. The van der Waals surface area contributed by atoms with Crippen molar-refractivity contribution < 1.29 is 4.79 Å². The van der Waals surface area contributed by atoms with Crippen molar-refractivity contribution in [3.05, 3.63) is 44.7 Å². The number of pyridine rings is 1. The summed E-state index contributed by atoms with van der Waals surface area (Å²) in [6.45, 7) is 4.01. The number of rotatable bonds is 5. The molecular formula is C14H17ClN4OS. The Balaban J connectivity index is 2.03. The average Bonchev–Trinajstić information content (AvgIpc) is 2.84. The van der Waals surface area contributed by atoms with E-state index in [-0.39, 0.29) is 17.6 Å². The molecule has 0 radical (unpaired) electrons. The van der Waals surface area contributed by atoms with E-state index in [9.17, 15) is 4.79 Å². The van der Waals surface area contributed by atoms with E-state index in [1.807, 2.05) is 6.92 Å². The number of hydrazine groups is 1. The largest absolute Gasteiger partial charge is 0.348 e. The van der Waals surface area contributed by atoms with Gasteiger partial charge in [0, 0.05) is 22.2 Å². The third-order valence-corrected chi connectivity index (χ3v) is 4.22. The van der Waals surface area contributed by atoms with Gasteiger partial charge >= 0.3 is 0 Å². The van der Waals surface area contributed by atoms with Gasteiger partial charge in [-0.05, 0) is 38.1 Å². The van der Waals surface area contributed by atoms with Crippen LogP contribution in [0.4, 0.5) is 5.82 Å². The van der Waals surface area contributed by atoms with E-state index >= 15 is 0 Å². The van der Waals surface area contributed by atoms with E-state index in [0.29, 0.717) is 10.8 Å². The van der Waals surface area contributed by atoms with E-state index in [4.69, 9.17) is 17.4 Å². The number of nitrogens with one attached hydrogen (secondary N) is 2. The van der Waals surface area contributed by atoms with Gasteiger partial charge in [-0.15, -0.1) is 11.3 Å². The lowest BCUT2D eigenvalue weighted by atomic mass is 10.2. The van der Waals surface area contributed by atoms with Crippen LogP contribution in [0.3, 0.4) is 0 Å². The molecule has 0 aliphatic rings. The van der Waals surface area contributed by atoms with Gasteiger partial charge in [-0.25, -0.2) is 10.8 Å². The molecule has 1 unspecified atom stereocenters. The number of nitrogens with two attached hydrogens (primary N) is 1. The molecule has 1 atom stereocenters. The first kappa shape index (κ1) is 15.8. The minimum Gasteiger partial charge on any atom is -0.348 e. The number of carbonyl (C=O) groups excluding carboxylic acids is 1. The molecule has 0 spiro atoms. The molecule has 112 valence electrons. The Morgan fingerprint density at radius 1 is 1.43 bits per heavy atom. The number of thiophene rings is 1. The second-order valence-corrected chi connectivity index (χ2v) is 6.54. The third-order valence-electron chi connectivity index (χ3n) is 2.89. The fraction of sp³-hybridized carbons (Fsp3) is 0.286. The predicted octanol–water partition coefficient (Wildman–Crippen LogP) is 2.75. The highest BCUT2D eigenvalue weighted by atomic mass is 35.5. The number of nitrogens with zero attached hydrogens (tertiary/aromatic N) is 1. The van der Waals surface area contributed by atoms with Crippen molar-refractivity contribution in [3.8, 4) is 0 Å². The van der Waals surface area contributed by atoms with Crippen LogP contribution in [0.5, 0.6) is 0 Å². The normalized spacial score (nSPS) is 12.0. The van der Waals surface area contributed by atoms with E-state index < -0.39 is 0 Å². The highest BCUT2D eigenvalue weighted by Crippen LogP contribution is 2.18. The van der Waals surface area contributed by atoms with Gasteiger partial charge in [-0.3, -0.25) is 4.79 Å². The van der Waals surface area contributed by atoms with E-state index in [0.717, 1.165) is 6.42 Å². The van der Waals surface area contributed by atoms with Gasteiger partial charge in [0.05, 0.1) is 5.02 Å². The monoisotopic (exact) mass is 324 g/mol. The summed E-state index contributed by atoms with van der Waals surface area (Å²) in [6.07, 6.45) is 0.774. The zero-order valence-electron chi connectivity index (χ0n) is 11.8. The molecule has 7 heteroatoms. The van der Waals surface area contributed by atoms with E-state index in [1.54, 1.807) is 23.5 Å². The summed E-state index contributed by atoms with van der Waals surface area (Å²) >= 11 is 7.73. The lowest BCUT2D eigenvalue weighted by Crippen LogP contribution is -2.34. The number of hydrogen-bond acceptors (Lipinski definition) is 5. The quantitative estimate of drug-likeness (QED) is 0.583. The molecular weight excluding hydrogens is 308 g/mol. The molecule has 0 aromatic carbocycles. The first-order valence-corrected chi connectivity index (χ1v) is 7.68. The lowest BCUT2D eigenvalue weighted by molar-refractivity contribution is 0.0935. The Labute approximate surface area is 132 Å². The van der Waals surface area contributed by atoms with Crippen LogP contribution in [0, 0.1) is 6.92 Å². The fourth-order valence-corrected chi connectivity index (χ4v) is 3.13. The topological polar surface area (TPSA) is 80.0 Å². The average molecular weight is 325 g/mol. The van der Waals surface area contributed by atoms with Gasteiger partial charge in [-0.1, -0.05) is 11.6 Å². The van der Waals surface area contributed by atoms with Gasteiger partial charge in [0.2, 0.25) is 0 Å². The summed E-state index contributed by atoms with van der Waals surface area (Å²) in [4.78, 5) is 18.8. The Morgan fingerprint density at radius 2 is 2.19 bits per heavy atom. The molecule has 1 amide bonds. The SMILES string of the molecule is Cc1ccc(CC(C)NC(=O)c2nc(NN)ccc2Cl)s1. The summed E-state index contributed by atoms with van der Waals surface area (Å²) in [5.74, 6) is 5.38. The van der Waals surface area contributed by atoms with Crippen molar-refractivity contribution in [1.82, 2.24) is 10.3 Å². The van der Waals surface area contributed by atoms with Crippen LogP contribution in [0.1, 0.15) is 27.2 Å². The maximum Gasteiger partial charge on any atom is 0.271 e. The van der Waals surface area contributed by atoms with Crippen molar-refractivity contribution in [2.75, 3.05) is 5.43 Å². The van der Waals surface area contributed by atoms with Crippen LogP contribution in [-0.2, 0) is 6.42 Å². The lowest BCUT2D eigenvalue weighted by Gasteiger charge is -2.13. The summed E-state index contributed by atoms with van der Waals surface area (Å²) in [5.41, 5.74) is 2.57. The fourth-order valence-electron chi connectivity index (χ4n) is 1.92. The van der Waals surface area contributed by atoms with Crippen molar-refractivity contribution in [2.24, 2.45) is 5.84 Å². The highest BCUT2D eigenvalue weighted by Gasteiger charge is 2.16. The Bertz CT molecular complexity index is 644. The van der Waals surface area contributed by atoms with Crippen molar-refractivity contribution >= 4 is 34.7 Å². The van der Waals surface area contributed by atoms with Crippen LogP contribution in [-0.4, -0.2) is 16.9 Å². The second kappa shape index (κ2) is 6.89. The van der Waals surface area contributed by atoms with Crippen LogP contribution >= 0.6 is 22.9 Å². The maximum atomic E-state index is 12.2. The molecule has 0 saturated heterocycles.